The highest BCUT2D eigenvalue weighted by molar-refractivity contribution is 14.0. The summed E-state index contributed by atoms with van der Waals surface area (Å²) in [6.07, 6.45) is 0. The van der Waals surface area contributed by atoms with Crippen LogP contribution in [0.5, 0.6) is 0 Å². The summed E-state index contributed by atoms with van der Waals surface area (Å²) in [5, 5.41) is 6.95. The van der Waals surface area contributed by atoms with Gasteiger partial charge in [0.15, 0.2) is 5.96 Å². The molecule has 1 aliphatic heterocycles. The zero-order valence-corrected chi connectivity index (χ0v) is 20.0. The fourth-order valence-electron chi connectivity index (χ4n) is 3.29. The molecule has 1 saturated heterocycles. The Labute approximate surface area is 183 Å². The number of halogens is 1. The SMILES string of the molecule is CN=C(NCC(C)CN1CCN(C)CC1)NCC(C)c1ccc(C)cc1.I. The number of nitrogens with one attached hydrogen (secondary N) is 2. The van der Waals surface area contributed by atoms with E-state index < -0.39 is 0 Å². The fourth-order valence-corrected chi connectivity index (χ4v) is 3.29. The van der Waals surface area contributed by atoms with E-state index in [1.807, 2.05) is 7.05 Å². The lowest BCUT2D eigenvalue weighted by Crippen LogP contribution is -2.47. The van der Waals surface area contributed by atoms with Gasteiger partial charge in [-0.25, -0.2) is 0 Å². The van der Waals surface area contributed by atoms with Gasteiger partial charge in [-0.1, -0.05) is 43.7 Å². The number of hydrogen-bond acceptors (Lipinski definition) is 3. The summed E-state index contributed by atoms with van der Waals surface area (Å²) in [5.74, 6) is 1.96. The first-order valence-corrected chi connectivity index (χ1v) is 9.90. The van der Waals surface area contributed by atoms with E-state index in [0.29, 0.717) is 11.8 Å². The molecular formula is C21H38IN5. The summed E-state index contributed by atoms with van der Waals surface area (Å²) in [6.45, 7) is 14.4. The Kier molecular flexibility index (Phi) is 11.3. The molecule has 0 saturated carbocycles. The Morgan fingerprint density at radius 3 is 2.22 bits per heavy atom. The van der Waals surface area contributed by atoms with Crippen molar-refractivity contribution in [1.82, 2.24) is 20.4 Å². The van der Waals surface area contributed by atoms with Crippen LogP contribution >= 0.6 is 24.0 Å². The summed E-state index contributed by atoms with van der Waals surface area (Å²) in [4.78, 5) is 9.35. The number of aryl methyl sites for hydroxylation is 1. The maximum Gasteiger partial charge on any atom is 0.191 e. The number of guanidine groups is 1. The van der Waals surface area contributed by atoms with Crippen LogP contribution in [-0.4, -0.2) is 75.7 Å². The van der Waals surface area contributed by atoms with Gasteiger partial charge in [0.05, 0.1) is 0 Å². The largest absolute Gasteiger partial charge is 0.356 e. The van der Waals surface area contributed by atoms with Crippen molar-refractivity contribution in [2.24, 2.45) is 10.9 Å². The minimum Gasteiger partial charge on any atom is -0.356 e. The molecule has 2 N–H and O–H groups in total. The van der Waals surface area contributed by atoms with Gasteiger partial charge in [0.1, 0.15) is 0 Å². The molecular weight excluding hydrogens is 449 g/mol. The van der Waals surface area contributed by atoms with Gasteiger partial charge < -0.3 is 20.4 Å². The normalized spacial score (nSPS) is 18.5. The molecule has 2 rings (SSSR count). The topological polar surface area (TPSA) is 42.9 Å². The molecule has 1 fully saturated rings. The summed E-state index contributed by atoms with van der Waals surface area (Å²) in [7, 11) is 4.05. The van der Waals surface area contributed by atoms with E-state index >= 15 is 0 Å². The molecule has 5 nitrogen and oxygen atoms in total. The molecule has 27 heavy (non-hydrogen) atoms. The molecule has 1 aromatic carbocycles. The van der Waals surface area contributed by atoms with Gasteiger partial charge in [-0.3, -0.25) is 4.99 Å². The van der Waals surface area contributed by atoms with E-state index in [2.05, 4.69) is 77.5 Å². The molecule has 0 aromatic heterocycles. The Bertz CT molecular complexity index is 552. The third-order valence-corrected chi connectivity index (χ3v) is 5.23. The number of hydrogen-bond donors (Lipinski definition) is 2. The molecule has 2 atom stereocenters. The highest BCUT2D eigenvalue weighted by atomic mass is 127. The van der Waals surface area contributed by atoms with Crippen molar-refractivity contribution >= 4 is 29.9 Å². The number of likely N-dealkylation sites (N-methyl/N-ethyl adjacent to an activating group) is 1. The summed E-state index contributed by atoms with van der Waals surface area (Å²) >= 11 is 0. The van der Waals surface area contributed by atoms with Crippen LogP contribution in [0.3, 0.4) is 0 Å². The number of nitrogens with zero attached hydrogens (tertiary/aromatic N) is 3. The summed E-state index contributed by atoms with van der Waals surface area (Å²) in [5.41, 5.74) is 2.67. The number of piperazine rings is 1. The van der Waals surface area contributed by atoms with Crippen molar-refractivity contribution in [2.75, 3.05) is 59.9 Å². The lowest BCUT2D eigenvalue weighted by atomic mass is 10.0. The standard InChI is InChI=1S/C21H37N5.HI/c1-17-6-8-20(9-7-17)19(3)15-24-21(22-4)23-14-18(2)16-26-12-10-25(5)11-13-26;/h6-9,18-19H,10-16H2,1-5H3,(H2,22,23,24);1H. The van der Waals surface area contributed by atoms with Gasteiger partial charge in [-0.05, 0) is 31.4 Å². The van der Waals surface area contributed by atoms with E-state index in [0.717, 1.165) is 25.6 Å². The fraction of sp³-hybridized carbons (Fsp3) is 0.667. The van der Waals surface area contributed by atoms with Crippen LogP contribution in [0.1, 0.15) is 30.9 Å². The first-order chi connectivity index (χ1) is 12.5. The molecule has 0 amide bonds. The van der Waals surface area contributed by atoms with Crippen molar-refractivity contribution in [1.29, 1.82) is 0 Å². The van der Waals surface area contributed by atoms with E-state index in [-0.39, 0.29) is 24.0 Å². The monoisotopic (exact) mass is 487 g/mol. The lowest BCUT2D eigenvalue weighted by molar-refractivity contribution is 0.139. The van der Waals surface area contributed by atoms with E-state index in [1.54, 1.807) is 0 Å². The van der Waals surface area contributed by atoms with Gasteiger partial charge in [0.2, 0.25) is 0 Å². The molecule has 6 heteroatoms. The van der Waals surface area contributed by atoms with Crippen molar-refractivity contribution in [2.45, 2.75) is 26.7 Å². The molecule has 0 radical (unpaired) electrons. The Balaban J connectivity index is 0.00000364. The van der Waals surface area contributed by atoms with Crippen molar-refractivity contribution in [3.05, 3.63) is 35.4 Å². The average Bonchev–Trinajstić information content (AvgIpc) is 2.64. The molecule has 1 heterocycles. The Morgan fingerprint density at radius 1 is 1.04 bits per heavy atom. The van der Waals surface area contributed by atoms with Crippen molar-refractivity contribution in [3.8, 4) is 0 Å². The zero-order chi connectivity index (χ0) is 18.9. The maximum atomic E-state index is 4.37. The number of benzene rings is 1. The van der Waals surface area contributed by atoms with Crippen LogP contribution < -0.4 is 10.6 Å². The predicted molar refractivity (Wildman–Crippen MR) is 127 cm³/mol. The van der Waals surface area contributed by atoms with Crippen LogP contribution in [0.4, 0.5) is 0 Å². The lowest BCUT2D eigenvalue weighted by Gasteiger charge is -2.34. The van der Waals surface area contributed by atoms with Crippen LogP contribution in [0.15, 0.2) is 29.3 Å². The van der Waals surface area contributed by atoms with Gasteiger partial charge in [-0.15, -0.1) is 24.0 Å². The van der Waals surface area contributed by atoms with Gasteiger partial charge in [0, 0.05) is 52.9 Å². The van der Waals surface area contributed by atoms with Crippen molar-refractivity contribution in [3.63, 3.8) is 0 Å². The first-order valence-electron chi connectivity index (χ1n) is 9.90. The maximum absolute atomic E-state index is 4.37. The Morgan fingerprint density at radius 2 is 1.63 bits per heavy atom. The first kappa shape index (κ1) is 24.2. The van der Waals surface area contributed by atoms with E-state index in [1.165, 1.54) is 37.3 Å². The average molecular weight is 487 g/mol. The smallest absolute Gasteiger partial charge is 0.191 e. The highest BCUT2D eigenvalue weighted by Crippen LogP contribution is 2.14. The second kappa shape index (κ2) is 12.6. The molecule has 1 aliphatic rings. The predicted octanol–water partition coefficient (Wildman–Crippen LogP) is 2.77. The highest BCUT2D eigenvalue weighted by Gasteiger charge is 2.16. The molecule has 0 bridgehead atoms. The minimum atomic E-state index is 0. The minimum absolute atomic E-state index is 0. The van der Waals surface area contributed by atoms with Gasteiger partial charge >= 0.3 is 0 Å². The Hall–Kier alpha value is -0.860. The molecule has 1 aromatic rings. The molecule has 154 valence electrons. The quantitative estimate of drug-likeness (QED) is 0.353. The summed E-state index contributed by atoms with van der Waals surface area (Å²) < 4.78 is 0. The van der Waals surface area contributed by atoms with Crippen LogP contribution in [-0.2, 0) is 0 Å². The van der Waals surface area contributed by atoms with Gasteiger partial charge in [0.25, 0.3) is 0 Å². The second-order valence-corrected chi connectivity index (χ2v) is 7.85. The van der Waals surface area contributed by atoms with Crippen LogP contribution in [0.2, 0.25) is 0 Å². The zero-order valence-electron chi connectivity index (χ0n) is 17.7. The number of rotatable bonds is 7. The van der Waals surface area contributed by atoms with Crippen LogP contribution in [0, 0.1) is 12.8 Å². The molecule has 0 spiro atoms. The van der Waals surface area contributed by atoms with Crippen LogP contribution in [0.25, 0.3) is 0 Å². The summed E-state index contributed by atoms with van der Waals surface area (Å²) in [6, 6.07) is 8.80. The third kappa shape index (κ3) is 8.79. The number of aliphatic imine (C=N–C) groups is 1. The second-order valence-electron chi connectivity index (χ2n) is 7.85. The third-order valence-electron chi connectivity index (χ3n) is 5.23. The molecule has 0 aliphatic carbocycles. The van der Waals surface area contributed by atoms with Gasteiger partial charge in [-0.2, -0.15) is 0 Å². The molecule has 2 unspecified atom stereocenters. The van der Waals surface area contributed by atoms with E-state index in [4.69, 9.17) is 0 Å². The van der Waals surface area contributed by atoms with E-state index in [9.17, 15) is 0 Å². The van der Waals surface area contributed by atoms with Crippen molar-refractivity contribution < 1.29 is 0 Å².